The highest BCUT2D eigenvalue weighted by Crippen LogP contribution is 2.27. The van der Waals surface area contributed by atoms with Crippen LogP contribution in [0.25, 0.3) is 0 Å². The largest absolute Gasteiger partial charge is 0.488 e. The van der Waals surface area contributed by atoms with Crippen molar-refractivity contribution in [2.45, 2.75) is 6.61 Å². The van der Waals surface area contributed by atoms with E-state index in [0.717, 1.165) is 6.29 Å². The van der Waals surface area contributed by atoms with Crippen LogP contribution in [0, 0.1) is 5.82 Å². The predicted molar refractivity (Wildman–Crippen MR) is 75.3 cm³/mol. The smallest absolute Gasteiger partial charge is 0.150 e. The molecule has 0 saturated heterocycles. The molecule has 0 aromatic heterocycles. The Morgan fingerprint density at radius 3 is 2.74 bits per heavy atom. The molecule has 0 heterocycles. The lowest BCUT2D eigenvalue weighted by atomic mass is 10.2. The molecule has 98 valence electrons. The first kappa shape index (κ1) is 14.0. The number of carbonyl (C=O) groups excluding carboxylic acids is 1. The van der Waals surface area contributed by atoms with Gasteiger partial charge < -0.3 is 4.74 Å². The molecule has 0 saturated carbocycles. The SMILES string of the molecule is O=Cc1ccc(OCc2cc(F)ccc2Cl)c(Br)c1. The summed E-state index contributed by atoms with van der Waals surface area (Å²) in [6.07, 6.45) is 0.748. The van der Waals surface area contributed by atoms with Crippen molar-refractivity contribution in [2.75, 3.05) is 0 Å². The van der Waals surface area contributed by atoms with Gasteiger partial charge in [0.15, 0.2) is 0 Å². The Morgan fingerprint density at radius 1 is 1.26 bits per heavy atom. The van der Waals surface area contributed by atoms with Gasteiger partial charge in [-0.1, -0.05) is 11.6 Å². The molecule has 5 heteroatoms. The molecule has 0 atom stereocenters. The monoisotopic (exact) mass is 342 g/mol. The van der Waals surface area contributed by atoms with Gasteiger partial charge in [-0.05, 0) is 52.3 Å². The molecule has 2 rings (SSSR count). The summed E-state index contributed by atoms with van der Waals surface area (Å²) in [6, 6.07) is 9.06. The van der Waals surface area contributed by atoms with Gasteiger partial charge in [0.25, 0.3) is 0 Å². The molecule has 0 unspecified atom stereocenters. The van der Waals surface area contributed by atoms with Crippen LogP contribution in [0.1, 0.15) is 15.9 Å². The molecular weight excluding hydrogens is 335 g/mol. The number of halogens is 3. The number of benzene rings is 2. The van der Waals surface area contributed by atoms with E-state index in [1.165, 1.54) is 18.2 Å². The van der Waals surface area contributed by atoms with E-state index in [1.54, 1.807) is 18.2 Å². The van der Waals surface area contributed by atoms with E-state index in [2.05, 4.69) is 15.9 Å². The summed E-state index contributed by atoms with van der Waals surface area (Å²) in [7, 11) is 0. The van der Waals surface area contributed by atoms with Crippen LogP contribution < -0.4 is 4.74 Å². The molecule has 0 amide bonds. The van der Waals surface area contributed by atoms with Crippen LogP contribution in [0.3, 0.4) is 0 Å². The van der Waals surface area contributed by atoms with Gasteiger partial charge >= 0.3 is 0 Å². The van der Waals surface area contributed by atoms with Gasteiger partial charge in [-0.15, -0.1) is 0 Å². The maximum absolute atomic E-state index is 13.1. The molecule has 2 nitrogen and oxygen atoms in total. The topological polar surface area (TPSA) is 26.3 Å². The molecule has 0 N–H and O–H groups in total. The summed E-state index contributed by atoms with van der Waals surface area (Å²) in [6.45, 7) is 0.148. The minimum Gasteiger partial charge on any atom is -0.488 e. The summed E-state index contributed by atoms with van der Waals surface area (Å²) in [5.74, 6) is 0.198. The number of hydrogen-bond acceptors (Lipinski definition) is 2. The van der Waals surface area contributed by atoms with Gasteiger partial charge in [-0.25, -0.2) is 4.39 Å². The van der Waals surface area contributed by atoms with E-state index < -0.39 is 0 Å². The minimum atomic E-state index is -0.363. The summed E-state index contributed by atoms with van der Waals surface area (Å²) in [5.41, 5.74) is 1.11. The Bertz CT molecular complexity index is 616. The van der Waals surface area contributed by atoms with Crippen molar-refractivity contribution in [1.29, 1.82) is 0 Å². The molecule has 0 spiro atoms. The molecule has 2 aromatic carbocycles. The molecule has 19 heavy (non-hydrogen) atoms. The Morgan fingerprint density at radius 2 is 2.05 bits per heavy atom. The quantitative estimate of drug-likeness (QED) is 0.756. The highest BCUT2D eigenvalue weighted by atomic mass is 79.9. The van der Waals surface area contributed by atoms with E-state index in [0.29, 0.717) is 26.4 Å². The molecule has 0 fully saturated rings. The lowest BCUT2D eigenvalue weighted by molar-refractivity contribution is 0.112. The van der Waals surface area contributed by atoms with Crippen molar-refractivity contribution >= 4 is 33.8 Å². The molecule has 0 aliphatic rings. The van der Waals surface area contributed by atoms with Crippen LogP contribution in [0.5, 0.6) is 5.75 Å². The van der Waals surface area contributed by atoms with Crippen molar-refractivity contribution < 1.29 is 13.9 Å². The van der Waals surface area contributed by atoms with Gasteiger partial charge in [0.2, 0.25) is 0 Å². The van der Waals surface area contributed by atoms with E-state index >= 15 is 0 Å². The van der Waals surface area contributed by atoms with Crippen LogP contribution in [-0.2, 0) is 6.61 Å². The normalized spacial score (nSPS) is 10.3. The highest BCUT2D eigenvalue weighted by molar-refractivity contribution is 9.10. The van der Waals surface area contributed by atoms with Crippen molar-refractivity contribution in [3.05, 3.63) is 62.8 Å². The Kier molecular flexibility index (Phi) is 4.56. The predicted octanol–water partition coefficient (Wildman–Crippen LogP) is 4.63. The standard InChI is InChI=1S/C14H9BrClFO2/c15-12-5-9(7-18)1-4-14(12)19-8-10-6-11(17)2-3-13(10)16/h1-7H,8H2. The molecule has 0 aliphatic carbocycles. The molecule has 2 aromatic rings. The lowest BCUT2D eigenvalue weighted by Crippen LogP contribution is -1.98. The van der Waals surface area contributed by atoms with Gasteiger partial charge in [-0.2, -0.15) is 0 Å². The summed E-state index contributed by atoms with van der Waals surface area (Å²) >= 11 is 9.25. The van der Waals surface area contributed by atoms with Gasteiger partial charge in [0.1, 0.15) is 24.5 Å². The third-order valence-corrected chi connectivity index (χ3v) is 3.47. The van der Waals surface area contributed by atoms with Gasteiger partial charge in [0.05, 0.1) is 4.47 Å². The van der Waals surface area contributed by atoms with Crippen molar-refractivity contribution in [3.8, 4) is 5.75 Å². The first-order chi connectivity index (χ1) is 9.10. The van der Waals surface area contributed by atoms with Crippen LogP contribution in [-0.4, -0.2) is 6.29 Å². The second-order valence-corrected chi connectivity index (χ2v) is 5.09. The third-order valence-electron chi connectivity index (χ3n) is 2.48. The van der Waals surface area contributed by atoms with Crippen molar-refractivity contribution in [1.82, 2.24) is 0 Å². The zero-order valence-electron chi connectivity index (χ0n) is 9.70. The Hall–Kier alpha value is -1.39. The van der Waals surface area contributed by atoms with Crippen LogP contribution in [0.15, 0.2) is 40.9 Å². The fourth-order valence-corrected chi connectivity index (χ4v) is 2.20. The average molecular weight is 344 g/mol. The van der Waals surface area contributed by atoms with Gasteiger partial charge in [0, 0.05) is 16.1 Å². The van der Waals surface area contributed by atoms with Crippen LogP contribution in [0.2, 0.25) is 5.02 Å². The van der Waals surface area contributed by atoms with Crippen LogP contribution >= 0.6 is 27.5 Å². The average Bonchev–Trinajstić information content (AvgIpc) is 2.40. The minimum absolute atomic E-state index is 0.148. The number of carbonyl (C=O) groups is 1. The molecular formula is C14H9BrClFO2. The van der Waals surface area contributed by atoms with E-state index in [-0.39, 0.29) is 12.4 Å². The maximum Gasteiger partial charge on any atom is 0.150 e. The van der Waals surface area contributed by atoms with Gasteiger partial charge in [-0.3, -0.25) is 4.79 Å². The molecule has 0 bridgehead atoms. The van der Waals surface area contributed by atoms with E-state index in [1.807, 2.05) is 0 Å². The second kappa shape index (κ2) is 6.17. The van der Waals surface area contributed by atoms with Crippen LogP contribution in [0.4, 0.5) is 4.39 Å². The summed E-state index contributed by atoms with van der Waals surface area (Å²) in [5, 5.41) is 0.446. The number of hydrogen-bond donors (Lipinski definition) is 0. The molecule has 0 aliphatic heterocycles. The van der Waals surface area contributed by atoms with E-state index in [9.17, 15) is 9.18 Å². The number of rotatable bonds is 4. The number of ether oxygens (including phenoxy) is 1. The Balaban J connectivity index is 2.14. The first-order valence-corrected chi connectivity index (χ1v) is 6.58. The summed E-state index contributed by atoms with van der Waals surface area (Å²) in [4.78, 5) is 10.6. The lowest BCUT2D eigenvalue weighted by Gasteiger charge is -2.10. The zero-order valence-corrected chi connectivity index (χ0v) is 12.0. The molecule has 0 radical (unpaired) electrons. The third kappa shape index (κ3) is 3.55. The number of aldehydes is 1. The fraction of sp³-hybridized carbons (Fsp3) is 0.0714. The van der Waals surface area contributed by atoms with Crippen molar-refractivity contribution in [3.63, 3.8) is 0 Å². The first-order valence-electron chi connectivity index (χ1n) is 5.41. The maximum atomic E-state index is 13.1. The second-order valence-electron chi connectivity index (χ2n) is 3.83. The fourth-order valence-electron chi connectivity index (χ4n) is 1.52. The van der Waals surface area contributed by atoms with E-state index in [4.69, 9.17) is 16.3 Å². The van der Waals surface area contributed by atoms with Crippen molar-refractivity contribution in [2.24, 2.45) is 0 Å². The highest BCUT2D eigenvalue weighted by Gasteiger charge is 2.06. The zero-order chi connectivity index (χ0) is 13.8. The summed E-state index contributed by atoms with van der Waals surface area (Å²) < 4.78 is 19.3. The Labute approximate surface area is 123 Å².